The van der Waals surface area contributed by atoms with E-state index in [1.165, 1.54) is 5.56 Å². The zero-order valence-corrected chi connectivity index (χ0v) is 15.1. The van der Waals surface area contributed by atoms with Crippen molar-refractivity contribution < 1.29 is 4.79 Å². The lowest BCUT2D eigenvalue weighted by Crippen LogP contribution is -2.48. The molecule has 0 radical (unpaired) electrons. The van der Waals surface area contributed by atoms with Gasteiger partial charge in [0.2, 0.25) is 5.91 Å². The van der Waals surface area contributed by atoms with Gasteiger partial charge in [-0.1, -0.05) is 23.7 Å². The monoisotopic (exact) mass is 338 g/mol. The first-order valence-corrected chi connectivity index (χ1v) is 8.24. The lowest BCUT2D eigenvalue weighted by Gasteiger charge is -2.24. The van der Waals surface area contributed by atoms with E-state index in [9.17, 15) is 4.79 Å². The molecule has 0 saturated heterocycles. The van der Waals surface area contributed by atoms with Crippen LogP contribution in [0.4, 0.5) is 0 Å². The molecule has 0 saturated carbocycles. The molecule has 0 bridgehead atoms. The minimum atomic E-state index is -0.496. The summed E-state index contributed by atoms with van der Waals surface area (Å²) in [4.78, 5) is 16.2. The lowest BCUT2D eigenvalue weighted by atomic mass is 9.92. The van der Waals surface area contributed by atoms with E-state index in [1.807, 2.05) is 45.0 Å². The number of carbonyl (C=O) groups excluding carboxylic acids is 1. The predicted molar refractivity (Wildman–Crippen MR) is 97.0 cm³/mol. The number of rotatable bonds is 7. The van der Waals surface area contributed by atoms with Crippen LogP contribution in [-0.4, -0.2) is 38.5 Å². The van der Waals surface area contributed by atoms with Crippen LogP contribution in [-0.2, 0) is 11.2 Å². The average Bonchev–Trinajstić information content (AvgIpc) is 2.52. The summed E-state index contributed by atoms with van der Waals surface area (Å²) in [5, 5.41) is 10.0. The third kappa shape index (κ3) is 6.91. The number of nitrogens with one attached hydrogen (secondary N) is 3. The molecule has 3 N–H and O–H groups in total. The molecule has 23 heavy (non-hydrogen) atoms. The summed E-state index contributed by atoms with van der Waals surface area (Å²) in [5.41, 5.74) is 0.712. The van der Waals surface area contributed by atoms with Crippen molar-refractivity contribution in [2.75, 3.05) is 26.7 Å². The predicted octanol–water partition coefficient (Wildman–Crippen LogP) is 2.21. The molecule has 0 heterocycles. The molecule has 128 valence electrons. The molecular weight excluding hydrogens is 312 g/mol. The van der Waals surface area contributed by atoms with Crippen molar-refractivity contribution in [2.24, 2.45) is 10.4 Å². The van der Waals surface area contributed by atoms with E-state index in [0.717, 1.165) is 18.0 Å². The zero-order valence-electron chi connectivity index (χ0n) is 14.4. The first-order valence-electron chi connectivity index (χ1n) is 7.86. The van der Waals surface area contributed by atoms with Gasteiger partial charge in [0.05, 0.1) is 5.41 Å². The van der Waals surface area contributed by atoms with Crippen LogP contribution < -0.4 is 16.0 Å². The normalized spacial score (nSPS) is 12.0. The van der Waals surface area contributed by atoms with E-state index >= 15 is 0 Å². The molecule has 5 nitrogen and oxygen atoms in total. The van der Waals surface area contributed by atoms with Crippen molar-refractivity contribution in [1.82, 2.24) is 16.0 Å². The highest BCUT2D eigenvalue weighted by molar-refractivity contribution is 6.30. The maximum atomic E-state index is 12.0. The van der Waals surface area contributed by atoms with Gasteiger partial charge in [-0.2, -0.15) is 0 Å². The van der Waals surface area contributed by atoms with E-state index in [1.54, 1.807) is 7.05 Å². The molecule has 0 spiro atoms. The van der Waals surface area contributed by atoms with Crippen LogP contribution in [0.25, 0.3) is 0 Å². The van der Waals surface area contributed by atoms with Crippen molar-refractivity contribution in [1.29, 1.82) is 0 Å². The second kappa shape index (κ2) is 9.40. The fraction of sp³-hybridized carbons (Fsp3) is 0.529. The van der Waals surface area contributed by atoms with Crippen LogP contribution in [0.1, 0.15) is 26.3 Å². The Morgan fingerprint density at radius 1 is 1.17 bits per heavy atom. The van der Waals surface area contributed by atoms with Gasteiger partial charge in [0.1, 0.15) is 0 Å². The molecular formula is C17H27ClN4O. The minimum absolute atomic E-state index is 0.0316. The Kier molecular flexibility index (Phi) is 7.89. The van der Waals surface area contributed by atoms with E-state index in [0.29, 0.717) is 19.0 Å². The summed E-state index contributed by atoms with van der Waals surface area (Å²) in [5.74, 6) is 0.723. The molecule has 0 aromatic heterocycles. The van der Waals surface area contributed by atoms with Gasteiger partial charge >= 0.3 is 0 Å². The Labute approximate surface area is 143 Å². The number of halogens is 1. The van der Waals surface area contributed by atoms with Crippen molar-refractivity contribution in [3.63, 3.8) is 0 Å². The molecule has 6 heteroatoms. The summed E-state index contributed by atoms with van der Waals surface area (Å²) in [6.07, 6.45) is 0.873. The van der Waals surface area contributed by atoms with Gasteiger partial charge in [0, 0.05) is 31.7 Å². The second-order valence-electron chi connectivity index (χ2n) is 5.97. The Morgan fingerprint density at radius 2 is 1.83 bits per heavy atom. The standard InChI is InChI=1S/C17H27ClN4O/c1-5-20-15(23)17(2,3)12-22-16(19-4)21-11-10-13-6-8-14(18)9-7-13/h6-9H,5,10-12H2,1-4H3,(H,20,23)(H2,19,21,22). The summed E-state index contributed by atoms with van der Waals surface area (Å²) in [6.45, 7) is 7.63. The Balaban J connectivity index is 2.40. The van der Waals surface area contributed by atoms with Crippen LogP contribution in [0.3, 0.4) is 0 Å². The number of carbonyl (C=O) groups is 1. The Morgan fingerprint density at radius 3 is 2.39 bits per heavy atom. The summed E-state index contributed by atoms with van der Waals surface area (Å²) in [6, 6.07) is 7.80. The van der Waals surface area contributed by atoms with Gasteiger partial charge in [-0.05, 0) is 44.9 Å². The second-order valence-corrected chi connectivity index (χ2v) is 6.41. The van der Waals surface area contributed by atoms with E-state index < -0.39 is 5.41 Å². The van der Waals surface area contributed by atoms with Crippen LogP contribution in [0.5, 0.6) is 0 Å². The first kappa shape index (κ1) is 19.3. The van der Waals surface area contributed by atoms with Crippen LogP contribution in [0, 0.1) is 5.41 Å². The minimum Gasteiger partial charge on any atom is -0.356 e. The smallest absolute Gasteiger partial charge is 0.227 e. The molecule has 1 amide bonds. The van der Waals surface area contributed by atoms with Crippen molar-refractivity contribution >= 4 is 23.5 Å². The molecule has 1 aromatic rings. The molecule has 0 fully saturated rings. The number of aliphatic imine (C=N–C) groups is 1. The number of hydrogen-bond donors (Lipinski definition) is 3. The highest BCUT2D eigenvalue weighted by atomic mass is 35.5. The van der Waals surface area contributed by atoms with Gasteiger partial charge in [0.15, 0.2) is 5.96 Å². The number of guanidine groups is 1. The van der Waals surface area contributed by atoms with Gasteiger partial charge in [0.25, 0.3) is 0 Å². The maximum Gasteiger partial charge on any atom is 0.227 e. The lowest BCUT2D eigenvalue weighted by molar-refractivity contribution is -0.128. The number of amides is 1. The molecule has 0 unspecified atom stereocenters. The van der Waals surface area contributed by atoms with Gasteiger partial charge in [-0.25, -0.2) is 0 Å². The van der Waals surface area contributed by atoms with E-state index in [4.69, 9.17) is 11.6 Å². The number of nitrogens with zero attached hydrogens (tertiary/aromatic N) is 1. The maximum absolute atomic E-state index is 12.0. The topological polar surface area (TPSA) is 65.5 Å². The molecule has 0 aliphatic carbocycles. The summed E-state index contributed by atoms with van der Waals surface area (Å²) >= 11 is 5.87. The van der Waals surface area contributed by atoms with Gasteiger partial charge in [-0.3, -0.25) is 9.79 Å². The first-order chi connectivity index (χ1) is 10.9. The highest BCUT2D eigenvalue weighted by Crippen LogP contribution is 2.13. The Bertz CT molecular complexity index is 526. The number of hydrogen-bond acceptors (Lipinski definition) is 2. The van der Waals surface area contributed by atoms with Crippen molar-refractivity contribution in [3.05, 3.63) is 34.9 Å². The fourth-order valence-electron chi connectivity index (χ4n) is 1.98. The van der Waals surface area contributed by atoms with Crippen molar-refractivity contribution in [3.8, 4) is 0 Å². The van der Waals surface area contributed by atoms with Crippen molar-refractivity contribution in [2.45, 2.75) is 27.2 Å². The average molecular weight is 339 g/mol. The molecule has 1 rings (SSSR count). The third-order valence-corrected chi connectivity index (χ3v) is 3.74. The Hall–Kier alpha value is -1.75. The zero-order chi connectivity index (χ0) is 17.3. The third-order valence-electron chi connectivity index (χ3n) is 3.49. The van der Waals surface area contributed by atoms with Gasteiger partial charge < -0.3 is 16.0 Å². The van der Waals surface area contributed by atoms with E-state index in [-0.39, 0.29) is 5.91 Å². The van der Waals surface area contributed by atoms with Crippen LogP contribution >= 0.6 is 11.6 Å². The van der Waals surface area contributed by atoms with Crippen LogP contribution in [0.2, 0.25) is 5.02 Å². The quantitative estimate of drug-likeness (QED) is 0.527. The SMILES string of the molecule is CCNC(=O)C(C)(C)CNC(=NC)NCCc1ccc(Cl)cc1. The molecule has 0 aliphatic rings. The van der Waals surface area contributed by atoms with Gasteiger partial charge in [-0.15, -0.1) is 0 Å². The van der Waals surface area contributed by atoms with Crippen LogP contribution in [0.15, 0.2) is 29.3 Å². The number of benzene rings is 1. The summed E-state index contributed by atoms with van der Waals surface area (Å²) in [7, 11) is 1.72. The highest BCUT2D eigenvalue weighted by Gasteiger charge is 2.27. The summed E-state index contributed by atoms with van der Waals surface area (Å²) < 4.78 is 0. The molecule has 0 atom stereocenters. The van der Waals surface area contributed by atoms with E-state index in [2.05, 4.69) is 20.9 Å². The largest absolute Gasteiger partial charge is 0.356 e. The molecule has 1 aromatic carbocycles. The molecule has 0 aliphatic heterocycles. The fourth-order valence-corrected chi connectivity index (χ4v) is 2.11.